The fraction of sp³-hybridized carbons (Fsp3) is 0.529. The maximum absolute atomic E-state index is 12.4. The van der Waals surface area contributed by atoms with Gasteiger partial charge in [0.15, 0.2) is 0 Å². The number of nitrogens with one attached hydrogen (secondary N) is 3. The van der Waals surface area contributed by atoms with Crippen LogP contribution in [0, 0.1) is 5.92 Å². The van der Waals surface area contributed by atoms with E-state index < -0.39 is 5.54 Å². The maximum Gasteiger partial charge on any atom is 0.322 e. The smallest absolute Gasteiger partial charge is 0.322 e. The SMILES string of the molecule is O=C1NC(=O)C(CCCc2ccccc2)(C2CCNCC2)N1. The van der Waals surface area contributed by atoms with E-state index in [4.69, 9.17) is 0 Å². The van der Waals surface area contributed by atoms with Crippen molar-refractivity contribution in [3.63, 3.8) is 0 Å². The third-order valence-electron chi connectivity index (χ3n) is 4.88. The number of amides is 3. The van der Waals surface area contributed by atoms with Gasteiger partial charge in [-0.2, -0.15) is 0 Å². The molecule has 0 saturated carbocycles. The quantitative estimate of drug-likeness (QED) is 0.723. The van der Waals surface area contributed by atoms with Crippen LogP contribution in [0.1, 0.15) is 31.2 Å². The number of aryl methyl sites for hydroxylation is 1. The van der Waals surface area contributed by atoms with Gasteiger partial charge in [-0.1, -0.05) is 30.3 Å². The first-order valence-electron chi connectivity index (χ1n) is 8.09. The lowest BCUT2D eigenvalue weighted by Gasteiger charge is -2.37. The second-order valence-corrected chi connectivity index (χ2v) is 6.24. The van der Waals surface area contributed by atoms with Gasteiger partial charge in [0, 0.05) is 0 Å². The van der Waals surface area contributed by atoms with Gasteiger partial charge in [-0.25, -0.2) is 4.79 Å². The van der Waals surface area contributed by atoms with Gasteiger partial charge in [-0.15, -0.1) is 0 Å². The molecule has 1 aromatic rings. The van der Waals surface area contributed by atoms with Crippen molar-refractivity contribution in [1.29, 1.82) is 0 Å². The number of benzene rings is 1. The van der Waals surface area contributed by atoms with Crippen molar-refractivity contribution >= 4 is 11.9 Å². The van der Waals surface area contributed by atoms with Crippen LogP contribution in [-0.2, 0) is 11.2 Å². The number of piperidine rings is 1. The molecule has 3 amide bonds. The van der Waals surface area contributed by atoms with E-state index in [-0.39, 0.29) is 17.9 Å². The molecule has 0 aliphatic carbocycles. The first-order chi connectivity index (χ1) is 10.7. The van der Waals surface area contributed by atoms with E-state index in [0.717, 1.165) is 38.8 Å². The molecule has 2 aliphatic rings. The molecule has 3 rings (SSSR count). The fourth-order valence-corrected chi connectivity index (χ4v) is 3.70. The first-order valence-corrected chi connectivity index (χ1v) is 8.09. The summed E-state index contributed by atoms with van der Waals surface area (Å²) in [5, 5.41) is 8.71. The van der Waals surface area contributed by atoms with Crippen LogP contribution >= 0.6 is 0 Å². The molecule has 5 nitrogen and oxygen atoms in total. The van der Waals surface area contributed by atoms with Crippen molar-refractivity contribution in [3.8, 4) is 0 Å². The highest BCUT2D eigenvalue weighted by Gasteiger charge is 2.51. The number of carbonyl (C=O) groups is 2. The first kappa shape index (κ1) is 15.0. The van der Waals surface area contributed by atoms with Gasteiger partial charge in [0.2, 0.25) is 0 Å². The molecule has 0 spiro atoms. The maximum atomic E-state index is 12.4. The summed E-state index contributed by atoms with van der Waals surface area (Å²) in [5.74, 6) is 0.0773. The zero-order valence-corrected chi connectivity index (χ0v) is 12.7. The second-order valence-electron chi connectivity index (χ2n) is 6.24. The molecule has 2 fully saturated rings. The molecule has 2 saturated heterocycles. The lowest BCUT2D eigenvalue weighted by molar-refractivity contribution is -0.126. The Morgan fingerprint density at radius 3 is 2.45 bits per heavy atom. The van der Waals surface area contributed by atoms with Gasteiger partial charge in [-0.05, 0) is 56.7 Å². The van der Waals surface area contributed by atoms with Crippen molar-refractivity contribution in [3.05, 3.63) is 35.9 Å². The molecule has 22 heavy (non-hydrogen) atoms. The molecule has 2 aliphatic heterocycles. The van der Waals surface area contributed by atoms with Crippen LogP contribution in [0.5, 0.6) is 0 Å². The van der Waals surface area contributed by atoms with Crippen LogP contribution in [0.15, 0.2) is 30.3 Å². The van der Waals surface area contributed by atoms with Crippen LogP contribution in [-0.4, -0.2) is 30.6 Å². The van der Waals surface area contributed by atoms with Gasteiger partial charge >= 0.3 is 6.03 Å². The summed E-state index contributed by atoms with van der Waals surface area (Å²) in [6.07, 6.45) is 4.38. The van der Waals surface area contributed by atoms with E-state index in [1.165, 1.54) is 5.56 Å². The van der Waals surface area contributed by atoms with E-state index in [1.807, 2.05) is 18.2 Å². The molecule has 1 aromatic carbocycles. The summed E-state index contributed by atoms with van der Waals surface area (Å²) in [4.78, 5) is 24.1. The standard InChI is InChI=1S/C17H23N3O2/c21-15-17(20-16(22)19-15,14-8-11-18-12-9-14)10-4-7-13-5-2-1-3-6-13/h1-3,5-6,14,18H,4,7-12H2,(H2,19,20,21,22). The Morgan fingerprint density at radius 1 is 1.09 bits per heavy atom. The van der Waals surface area contributed by atoms with Gasteiger partial charge in [0.25, 0.3) is 5.91 Å². The molecule has 118 valence electrons. The number of urea groups is 1. The van der Waals surface area contributed by atoms with Crippen molar-refractivity contribution in [2.75, 3.05) is 13.1 Å². The molecular formula is C17H23N3O2. The van der Waals surface area contributed by atoms with Gasteiger partial charge in [0.05, 0.1) is 0 Å². The highest BCUT2D eigenvalue weighted by atomic mass is 16.2. The monoisotopic (exact) mass is 301 g/mol. The second kappa shape index (κ2) is 6.48. The van der Waals surface area contributed by atoms with E-state index in [1.54, 1.807) is 0 Å². The number of imide groups is 1. The summed E-state index contributed by atoms with van der Waals surface area (Å²) in [6.45, 7) is 1.82. The Balaban J connectivity index is 1.69. The predicted octanol–water partition coefficient (Wildman–Crippen LogP) is 1.59. The molecule has 0 aromatic heterocycles. The van der Waals surface area contributed by atoms with Crippen molar-refractivity contribution < 1.29 is 9.59 Å². The Bertz CT molecular complexity index is 540. The van der Waals surface area contributed by atoms with Gasteiger partial charge in [0.1, 0.15) is 5.54 Å². The van der Waals surface area contributed by atoms with Crippen LogP contribution in [0.3, 0.4) is 0 Å². The Labute approximate surface area is 130 Å². The topological polar surface area (TPSA) is 70.2 Å². The Hall–Kier alpha value is -1.88. The minimum absolute atomic E-state index is 0.141. The highest BCUT2D eigenvalue weighted by Crippen LogP contribution is 2.33. The third kappa shape index (κ3) is 2.99. The summed E-state index contributed by atoms with van der Waals surface area (Å²) in [7, 11) is 0. The molecule has 3 N–H and O–H groups in total. The molecule has 0 bridgehead atoms. The molecule has 5 heteroatoms. The zero-order valence-electron chi connectivity index (χ0n) is 12.7. The van der Waals surface area contributed by atoms with Crippen molar-refractivity contribution in [2.24, 2.45) is 5.92 Å². The number of rotatable bonds is 5. The van der Waals surface area contributed by atoms with Gasteiger partial charge < -0.3 is 10.6 Å². The summed E-state index contributed by atoms with van der Waals surface area (Å²) >= 11 is 0. The van der Waals surface area contributed by atoms with Crippen molar-refractivity contribution in [2.45, 2.75) is 37.6 Å². The molecular weight excluding hydrogens is 278 g/mol. The molecule has 1 atom stereocenters. The average molecular weight is 301 g/mol. The zero-order chi connectivity index (χ0) is 15.4. The van der Waals surface area contributed by atoms with Crippen LogP contribution in [0.25, 0.3) is 0 Å². The third-order valence-corrected chi connectivity index (χ3v) is 4.88. The van der Waals surface area contributed by atoms with Crippen LogP contribution in [0.4, 0.5) is 4.79 Å². The number of hydrogen-bond acceptors (Lipinski definition) is 3. The number of hydrogen-bond donors (Lipinski definition) is 3. The summed E-state index contributed by atoms with van der Waals surface area (Å²) in [6, 6.07) is 9.92. The van der Waals surface area contributed by atoms with Crippen molar-refractivity contribution in [1.82, 2.24) is 16.0 Å². The Kier molecular flexibility index (Phi) is 4.43. The number of carbonyl (C=O) groups excluding carboxylic acids is 2. The van der Waals surface area contributed by atoms with Crippen LogP contribution < -0.4 is 16.0 Å². The van der Waals surface area contributed by atoms with Crippen LogP contribution in [0.2, 0.25) is 0 Å². The summed E-state index contributed by atoms with van der Waals surface area (Å²) < 4.78 is 0. The largest absolute Gasteiger partial charge is 0.323 e. The van der Waals surface area contributed by atoms with Gasteiger partial charge in [-0.3, -0.25) is 10.1 Å². The van der Waals surface area contributed by atoms with E-state index in [0.29, 0.717) is 6.42 Å². The predicted molar refractivity (Wildman–Crippen MR) is 84.4 cm³/mol. The summed E-state index contributed by atoms with van der Waals surface area (Å²) in [5.41, 5.74) is 0.557. The lowest BCUT2D eigenvalue weighted by Crippen LogP contribution is -2.55. The Morgan fingerprint density at radius 2 is 1.82 bits per heavy atom. The van der Waals surface area contributed by atoms with E-state index in [9.17, 15) is 9.59 Å². The fourth-order valence-electron chi connectivity index (χ4n) is 3.70. The van der Waals surface area contributed by atoms with E-state index in [2.05, 4.69) is 28.1 Å². The lowest BCUT2D eigenvalue weighted by atomic mass is 9.75. The minimum atomic E-state index is -0.714. The average Bonchev–Trinajstić information content (AvgIpc) is 2.84. The minimum Gasteiger partial charge on any atom is -0.323 e. The molecule has 1 unspecified atom stereocenters. The molecule has 2 heterocycles. The van der Waals surface area contributed by atoms with E-state index >= 15 is 0 Å². The molecule has 0 radical (unpaired) electrons. The highest BCUT2D eigenvalue weighted by molar-refractivity contribution is 6.07. The normalized spacial score (nSPS) is 25.8.